The number of anilines is 6. The molecule has 0 spiro atoms. The van der Waals surface area contributed by atoms with Crippen LogP contribution in [0.25, 0.3) is 22.3 Å². The van der Waals surface area contributed by atoms with Gasteiger partial charge in [0.15, 0.2) is 0 Å². The highest BCUT2D eigenvalue weighted by Crippen LogP contribution is 2.51. The second-order valence-corrected chi connectivity index (χ2v) is 16.6. The molecular formula is C55H46N2. The predicted octanol–water partition coefficient (Wildman–Crippen LogP) is 14.8. The van der Waals surface area contributed by atoms with E-state index in [1.807, 2.05) is 0 Å². The number of hydrogen-bond donors (Lipinski definition) is 0. The molecule has 0 atom stereocenters. The van der Waals surface area contributed by atoms with Gasteiger partial charge in [0.1, 0.15) is 0 Å². The molecule has 0 amide bonds. The summed E-state index contributed by atoms with van der Waals surface area (Å²) >= 11 is 0. The molecule has 2 aliphatic rings. The Labute approximate surface area is 337 Å². The summed E-state index contributed by atoms with van der Waals surface area (Å²) in [5, 5.41) is 0. The van der Waals surface area contributed by atoms with Crippen molar-refractivity contribution in [2.24, 2.45) is 0 Å². The Morgan fingerprint density at radius 2 is 0.719 bits per heavy atom. The van der Waals surface area contributed by atoms with Gasteiger partial charge in [-0.25, -0.2) is 0 Å². The minimum absolute atomic E-state index is 0.0703. The molecular weight excluding hydrogens is 689 g/mol. The van der Waals surface area contributed by atoms with E-state index in [9.17, 15) is 0 Å². The van der Waals surface area contributed by atoms with Gasteiger partial charge in [-0.15, -0.1) is 0 Å². The average Bonchev–Trinajstić information content (AvgIpc) is 3.48. The van der Waals surface area contributed by atoms with Crippen LogP contribution in [0.1, 0.15) is 61.1 Å². The molecule has 8 aromatic carbocycles. The molecule has 0 saturated heterocycles. The van der Waals surface area contributed by atoms with Crippen LogP contribution in [-0.2, 0) is 17.3 Å². The Kier molecular flexibility index (Phi) is 8.27. The molecule has 0 bridgehead atoms. The number of hydrogen-bond acceptors (Lipinski definition) is 2. The zero-order valence-electron chi connectivity index (χ0n) is 33.1. The highest BCUT2D eigenvalue weighted by atomic mass is 15.1. The van der Waals surface area contributed by atoms with Crippen LogP contribution in [0, 0.1) is 0 Å². The van der Waals surface area contributed by atoms with Gasteiger partial charge in [-0.05, 0) is 135 Å². The minimum atomic E-state index is -0.0857. The van der Waals surface area contributed by atoms with Crippen LogP contribution >= 0.6 is 0 Å². The van der Waals surface area contributed by atoms with E-state index in [4.69, 9.17) is 0 Å². The average molecular weight is 735 g/mol. The second kappa shape index (κ2) is 13.5. The van der Waals surface area contributed by atoms with Crippen molar-refractivity contribution in [1.29, 1.82) is 0 Å². The summed E-state index contributed by atoms with van der Waals surface area (Å²) in [7, 11) is 0. The molecule has 8 aromatic rings. The summed E-state index contributed by atoms with van der Waals surface area (Å²) in [5.74, 6) is 0. The fourth-order valence-electron chi connectivity index (χ4n) is 9.56. The summed E-state index contributed by atoms with van der Waals surface area (Å²) in [6.07, 6.45) is 0.970. The fourth-order valence-corrected chi connectivity index (χ4v) is 9.56. The van der Waals surface area contributed by atoms with Gasteiger partial charge in [0, 0.05) is 45.0 Å². The molecule has 0 N–H and O–H groups in total. The van der Waals surface area contributed by atoms with Crippen LogP contribution in [0.4, 0.5) is 34.1 Å². The monoisotopic (exact) mass is 734 g/mol. The second-order valence-electron chi connectivity index (χ2n) is 16.6. The molecule has 57 heavy (non-hydrogen) atoms. The van der Waals surface area contributed by atoms with Gasteiger partial charge in [0.05, 0.1) is 0 Å². The quantitative estimate of drug-likeness (QED) is 0.161. The van der Waals surface area contributed by atoms with Crippen molar-refractivity contribution >= 4 is 34.1 Å². The normalized spacial score (nSPS) is 14.2. The first kappa shape index (κ1) is 34.8. The van der Waals surface area contributed by atoms with Crippen molar-refractivity contribution in [3.05, 3.63) is 228 Å². The van der Waals surface area contributed by atoms with E-state index in [0.717, 1.165) is 34.9 Å². The minimum Gasteiger partial charge on any atom is -0.310 e. The highest BCUT2D eigenvalue weighted by Gasteiger charge is 2.36. The first-order valence-corrected chi connectivity index (χ1v) is 20.1. The van der Waals surface area contributed by atoms with E-state index in [2.05, 4.69) is 232 Å². The fraction of sp³-hybridized carbons (Fsp3) is 0.127. The highest BCUT2D eigenvalue weighted by molar-refractivity contribution is 5.86. The summed E-state index contributed by atoms with van der Waals surface area (Å²) in [6.45, 7) is 9.43. The molecule has 2 heteroatoms. The molecule has 0 saturated carbocycles. The Hall–Kier alpha value is -6.64. The third-order valence-corrected chi connectivity index (χ3v) is 12.5. The van der Waals surface area contributed by atoms with Crippen molar-refractivity contribution in [2.45, 2.75) is 44.9 Å². The maximum Gasteiger partial charge on any atom is 0.0465 e. The van der Waals surface area contributed by atoms with E-state index < -0.39 is 0 Å². The Morgan fingerprint density at radius 1 is 0.316 bits per heavy atom. The van der Waals surface area contributed by atoms with Crippen LogP contribution in [-0.4, -0.2) is 0 Å². The van der Waals surface area contributed by atoms with Crippen LogP contribution in [0.3, 0.4) is 0 Å². The predicted molar refractivity (Wildman–Crippen MR) is 240 cm³/mol. The van der Waals surface area contributed by atoms with Crippen molar-refractivity contribution in [3.63, 3.8) is 0 Å². The van der Waals surface area contributed by atoms with Crippen molar-refractivity contribution in [2.75, 3.05) is 9.80 Å². The van der Waals surface area contributed by atoms with Crippen LogP contribution in [0.2, 0.25) is 0 Å². The van der Waals surface area contributed by atoms with Gasteiger partial charge in [-0.1, -0.05) is 149 Å². The molecule has 2 aliphatic carbocycles. The molecule has 276 valence electrons. The van der Waals surface area contributed by atoms with Crippen LogP contribution in [0.15, 0.2) is 194 Å². The smallest absolute Gasteiger partial charge is 0.0465 e. The summed E-state index contributed by atoms with van der Waals surface area (Å²) in [6, 6.07) is 71.3. The first-order valence-electron chi connectivity index (χ1n) is 20.1. The standard InChI is InChI=1S/C55H46N2/c1-54(2)50-21-13-11-15-40(50)35-41-27-32-46(36-52(41)54)56(42-16-7-5-8-17-42)44-28-23-38(24-29-44)39-25-30-45(31-26-39)57(43-18-9-6-10-19-43)47-33-34-49-48-20-12-14-22-51(48)55(3,4)53(49)37-47/h5-34,36-37H,35H2,1-4H3. The van der Waals surface area contributed by atoms with E-state index >= 15 is 0 Å². The van der Waals surface area contributed by atoms with E-state index in [1.165, 1.54) is 61.3 Å². The van der Waals surface area contributed by atoms with Crippen LogP contribution < -0.4 is 9.80 Å². The van der Waals surface area contributed by atoms with Crippen molar-refractivity contribution < 1.29 is 0 Å². The van der Waals surface area contributed by atoms with Gasteiger partial charge in [0.2, 0.25) is 0 Å². The SMILES string of the molecule is CC1(C)c2ccccc2Cc2ccc(N(c3ccccc3)c3ccc(-c4ccc(N(c5ccccc5)c5ccc6c(c5)C(C)(C)c5ccccc5-6)cc4)cc3)cc21. The lowest BCUT2D eigenvalue weighted by Crippen LogP contribution is -2.27. The lowest BCUT2D eigenvalue weighted by atomic mass is 9.69. The third-order valence-electron chi connectivity index (χ3n) is 12.5. The lowest BCUT2D eigenvalue weighted by molar-refractivity contribution is 0.611. The number of benzene rings is 8. The molecule has 0 radical (unpaired) electrons. The van der Waals surface area contributed by atoms with E-state index in [1.54, 1.807) is 0 Å². The number of fused-ring (bicyclic) bond motifs is 5. The maximum absolute atomic E-state index is 2.42. The number of para-hydroxylation sites is 2. The summed E-state index contributed by atoms with van der Waals surface area (Å²) in [5.41, 5.74) is 20.2. The largest absolute Gasteiger partial charge is 0.310 e. The van der Waals surface area contributed by atoms with E-state index in [0.29, 0.717) is 0 Å². The molecule has 0 unspecified atom stereocenters. The Morgan fingerprint density at radius 3 is 1.32 bits per heavy atom. The molecule has 0 fully saturated rings. The zero-order chi connectivity index (χ0) is 38.7. The van der Waals surface area contributed by atoms with Gasteiger partial charge in [-0.3, -0.25) is 0 Å². The lowest BCUT2D eigenvalue weighted by Gasteiger charge is -2.36. The molecule has 0 heterocycles. The van der Waals surface area contributed by atoms with Gasteiger partial charge in [-0.2, -0.15) is 0 Å². The topological polar surface area (TPSA) is 6.48 Å². The third kappa shape index (κ3) is 5.87. The molecule has 0 aliphatic heterocycles. The molecule has 0 aromatic heterocycles. The van der Waals surface area contributed by atoms with Crippen molar-refractivity contribution in [3.8, 4) is 22.3 Å². The Balaban J connectivity index is 0.979. The number of rotatable bonds is 7. The summed E-state index contributed by atoms with van der Waals surface area (Å²) in [4.78, 5) is 4.76. The molecule has 2 nitrogen and oxygen atoms in total. The molecule has 10 rings (SSSR count). The maximum atomic E-state index is 2.42. The van der Waals surface area contributed by atoms with E-state index in [-0.39, 0.29) is 10.8 Å². The van der Waals surface area contributed by atoms with Crippen LogP contribution in [0.5, 0.6) is 0 Å². The van der Waals surface area contributed by atoms with Gasteiger partial charge < -0.3 is 9.80 Å². The summed E-state index contributed by atoms with van der Waals surface area (Å²) < 4.78 is 0. The zero-order valence-corrected chi connectivity index (χ0v) is 33.1. The van der Waals surface area contributed by atoms with Gasteiger partial charge >= 0.3 is 0 Å². The van der Waals surface area contributed by atoms with Gasteiger partial charge in [0.25, 0.3) is 0 Å². The first-order chi connectivity index (χ1) is 27.8. The Bertz CT molecular complexity index is 2740. The van der Waals surface area contributed by atoms with Crippen molar-refractivity contribution in [1.82, 2.24) is 0 Å². The number of nitrogens with zero attached hydrogens (tertiary/aromatic N) is 2.